The van der Waals surface area contributed by atoms with Gasteiger partial charge >= 0.3 is 0 Å². The first-order valence-corrected chi connectivity index (χ1v) is 6.89. The molecule has 0 bridgehead atoms. The highest BCUT2D eigenvalue weighted by Gasteiger charge is 2.05. The Kier molecular flexibility index (Phi) is 3.95. The summed E-state index contributed by atoms with van der Waals surface area (Å²) in [5.41, 5.74) is 2.44. The molecule has 0 saturated carbocycles. The van der Waals surface area contributed by atoms with Crippen molar-refractivity contribution in [2.75, 3.05) is 10.6 Å². The fourth-order valence-corrected chi connectivity index (χ4v) is 1.98. The zero-order chi connectivity index (χ0) is 15.4. The lowest BCUT2D eigenvalue weighted by atomic mass is 10.1. The van der Waals surface area contributed by atoms with Gasteiger partial charge in [-0.3, -0.25) is 0 Å². The molecule has 1 aromatic carbocycles. The highest BCUT2D eigenvalue weighted by Crippen LogP contribution is 2.14. The smallest absolute Gasteiger partial charge is 0.250 e. The van der Waals surface area contributed by atoms with E-state index in [1.807, 2.05) is 19.1 Å². The largest absolute Gasteiger partial charge is 0.365 e. The van der Waals surface area contributed by atoms with Gasteiger partial charge in [-0.2, -0.15) is 10.1 Å². The van der Waals surface area contributed by atoms with Crippen molar-refractivity contribution >= 4 is 17.6 Å². The Labute approximate surface area is 127 Å². The van der Waals surface area contributed by atoms with E-state index in [1.54, 1.807) is 12.3 Å². The molecule has 3 aromatic rings. The molecule has 2 aromatic heterocycles. The molecular formula is C15H16N6O. The van der Waals surface area contributed by atoms with Crippen LogP contribution >= 0.6 is 0 Å². The first kappa shape index (κ1) is 14.0. The third-order valence-electron chi connectivity index (χ3n) is 3.15. The van der Waals surface area contributed by atoms with Gasteiger partial charge in [0.25, 0.3) is 0 Å². The van der Waals surface area contributed by atoms with E-state index >= 15 is 0 Å². The minimum atomic E-state index is 0.364. The molecule has 2 N–H and O–H groups in total. The standard InChI is InChI=1S/C15H16N6O/c1-10-5-3-4-6-12(10)8-16-14-9-17-20-15(19-14)18-13-7-11(2)22-21-13/h3-7,9H,8H2,1-2H3,(H2,16,18,19,20,21). The van der Waals surface area contributed by atoms with Crippen LogP contribution < -0.4 is 10.6 Å². The Morgan fingerprint density at radius 3 is 2.77 bits per heavy atom. The zero-order valence-electron chi connectivity index (χ0n) is 12.4. The molecule has 7 heteroatoms. The van der Waals surface area contributed by atoms with Crippen LogP contribution in [-0.2, 0) is 6.54 Å². The molecule has 3 rings (SSSR count). The number of aromatic nitrogens is 4. The van der Waals surface area contributed by atoms with Crippen molar-refractivity contribution in [1.82, 2.24) is 20.3 Å². The summed E-state index contributed by atoms with van der Waals surface area (Å²) in [6.45, 7) is 4.57. The van der Waals surface area contributed by atoms with Crippen LogP contribution in [0.3, 0.4) is 0 Å². The summed E-state index contributed by atoms with van der Waals surface area (Å²) in [4.78, 5) is 4.34. The molecule has 22 heavy (non-hydrogen) atoms. The number of rotatable bonds is 5. The van der Waals surface area contributed by atoms with Gasteiger partial charge in [0.05, 0.1) is 6.20 Å². The molecular weight excluding hydrogens is 280 g/mol. The maximum absolute atomic E-state index is 4.98. The summed E-state index contributed by atoms with van der Waals surface area (Å²) in [5.74, 6) is 2.27. The Morgan fingerprint density at radius 1 is 1.14 bits per heavy atom. The Morgan fingerprint density at radius 2 is 2.00 bits per heavy atom. The monoisotopic (exact) mass is 296 g/mol. The molecule has 0 unspecified atom stereocenters. The Balaban J connectivity index is 1.67. The number of aryl methyl sites for hydroxylation is 2. The molecule has 112 valence electrons. The number of hydrogen-bond acceptors (Lipinski definition) is 7. The van der Waals surface area contributed by atoms with Crippen molar-refractivity contribution in [2.45, 2.75) is 20.4 Å². The third-order valence-corrected chi connectivity index (χ3v) is 3.15. The lowest BCUT2D eigenvalue weighted by molar-refractivity contribution is 0.400. The fourth-order valence-electron chi connectivity index (χ4n) is 1.98. The van der Waals surface area contributed by atoms with Gasteiger partial charge in [-0.15, -0.1) is 5.10 Å². The first-order valence-electron chi connectivity index (χ1n) is 6.89. The molecule has 0 aliphatic rings. The third kappa shape index (κ3) is 3.38. The maximum Gasteiger partial charge on any atom is 0.250 e. The summed E-state index contributed by atoms with van der Waals surface area (Å²) in [6, 6.07) is 9.95. The van der Waals surface area contributed by atoms with Crippen molar-refractivity contribution in [1.29, 1.82) is 0 Å². The van der Waals surface area contributed by atoms with E-state index in [2.05, 4.69) is 50.0 Å². The number of anilines is 3. The van der Waals surface area contributed by atoms with Gasteiger partial charge in [0.15, 0.2) is 11.6 Å². The Hall–Kier alpha value is -2.96. The second kappa shape index (κ2) is 6.21. The topological polar surface area (TPSA) is 88.8 Å². The number of nitrogens with zero attached hydrogens (tertiary/aromatic N) is 4. The van der Waals surface area contributed by atoms with E-state index in [9.17, 15) is 0 Å². The van der Waals surface area contributed by atoms with Gasteiger partial charge in [-0.05, 0) is 25.0 Å². The quantitative estimate of drug-likeness (QED) is 0.748. The van der Waals surface area contributed by atoms with Gasteiger partial charge < -0.3 is 15.2 Å². The fraction of sp³-hybridized carbons (Fsp3) is 0.200. The molecule has 0 saturated heterocycles. The molecule has 0 amide bonds. The normalized spacial score (nSPS) is 10.5. The molecule has 0 fully saturated rings. The maximum atomic E-state index is 4.98. The van der Waals surface area contributed by atoms with Crippen LogP contribution in [0.2, 0.25) is 0 Å². The summed E-state index contributed by atoms with van der Waals surface area (Å²) in [5, 5.41) is 17.9. The molecule has 0 spiro atoms. The van der Waals surface area contributed by atoms with Gasteiger partial charge in [-0.1, -0.05) is 29.4 Å². The minimum absolute atomic E-state index is 0.364. The van der Waals surface area contributed by atoms with E-state index < -0.39 is 0 Å². The van der Waals surface area contributed by atoms with Gasteiger partial charge in [-0.25, -0.2) is 0 Å². The average Bonchev–Trinajstić information content (AvgIpc) is 2.92. The van der Waals surface area contributed by atoms with Gasteiger partial charge in [0.1, 0.15) is 5.76 Å². The number of benzene rings is 1. The SMILES string of the molecule is Cc1cc(Nc2nncc(NCc3ccccc3C)n2)no1. The molecule has 0 atom stereocenters. The van der Waals surface area contributed by atoms with E-state index in [0.717, 1.165) is 0 Å². The predicted molar refractivity (Wildman–Crippen MR) is 82.9 cm³/mol. The highest BCUT2D eigenvalue weighted by molar-refractivity contribution is 5.49. The van der Waals surface area contributed by atoms with Crippen LogP contribution in [0.4, 0.5) is 17.6 Å². The van der Waals surface area contributed by atoms with Crippen LogP contribution in [0.25, 0.3) is 0 Å². The summed E-state index contributed by atoms with van der Waals surface area (Å²) < 4.78 is 4.98. The van der Waals surface area contributed by atoms with Gasteiger partial charge in [0.2, 0.25) is 5.95 Å². The van der Waals surface area contributed by atoms with E-state index in [1.165, 1.54) is 11.1 Å². The summed E-state index contributed by atoms with van der Waals surface area (Å²) in [6.07, 6.45) is 1.58. The van der Waals surface area contributed by atoms with Crippen LogP contribution in [0.1, 0.15) is 16.9 Å². The molecule has 0 aliphatic heterocycles. The second-order valence-electron chi connectivity index (χ2n) is 4.89. The van der Waals surface area contributed by atoms with Crippen LogP contribution in [0, 0.1) is 13.8 Å². The van der Waals surface area contributed by atoms with Crippen molar-refractivity contribution in [2.24, 2.45) is 0 Å². The lowest BCUT2D eigenvalue weighted by Crippen LogP contribution is -2.06. The molecule has 7 nitrogen and oxygen atoms in total. The summed E-state index contributed by atoms with van der Waals surface area (Å²) in [7, 11) is 0. The van der Waals surface area contributed by atoms with Crippen LogP contribution in [0.5, 0.6) is 0 Å². The van der Waals surface area contributed by atoms with Crippen molar-refractivity contribution in [3.63, 3.8) is 0 Å². The minimum Gasteiger partial charge on any atom is -0.365 e. The van der Waals surface area contributed by atoms with Crippen molar-refractivity contribution in [3.05, 3.63) is 53.4 Å². The van der Waals surface area contributed by atoms with E-state index in [0.29, 0.717) is 29.9 Å². The van der Waals surface area contributed by atoms with Gasteiger partial charge in [0, 0.05) is 12.6 Å². The molecule has 0 radical (unpaired) electrons. The Bertz CT molecular complexity index is 770. The average molecular weight is 296 g/mol. The lowest BCUT2D eigenvalue weighted by Gasteiger charge is -2.08. The predicted octanol–water partition coefficient (Wildman–Crippen LogP) is 2.83. The van der Waals surface area contributed by atoms with Crippen LogP contribution in [-0.4, -0.2) is 20.3 Å². The van der Waals surface area contributed by atoms with E-state index in [4.69, 9.17) is 4.52 Å². The molecule has 0 aliphatic carbocycles. The number of nitrogens with one attached hydrogen (secondary N) is 2. The zero-order valence-corrected chi connectivity index (χ0v) is 12.4. The second-order valence-corrected chi connectivity index (χ2v) is 4.89. The molecule has 2 heterocycles. The first-order chi connectivity index (χ1) is 10.7. The van der Waals surface area contributed by atoms with Crippen molar-refractivity contribution in [3.8, 4) is 0 Å². The highest BCUT2D eigenvalue weighted by atomic mass is 16.5. The van der Waals surface area contributed by atoms with Crippen molar-refractivity contribution < 1.29 is 4.52 Å². The van der Waals surface area contributed by atoms with Crippen LogP contribution in [0.15, 0.2) is 41.1 Å². The summed E-state index contributed by atoms with van der Waals surface area (Å²) >= 11 is 0. The number of hydrogen-bond donors (Lipinski definition) is 2. The van der Waals surface area contributed by atoms with E-state index in [-0.39, 0.29) is 0 Å².